The second-order valence-electron chi connectivity index (χ2n) is 7.26. The van der Waals surface area contributed by atoms with Crippen LogP contribution in [0.4, 0.5) is 0 Å². The Bertz CT molecular complexity index is 285. The Morgan fingerprint density at radius 1 is 0.810 bits per heavy atom. The van der Waals surface area contributed by atoms with Gasteiger partial charge in [-0.15, -0.1) is 0 Å². The maximum absolute atomic E-state index is 4.60. The van der Waals surface area contributed by atoms with Crippen LogP contribution in [0.5, 0.6) is 0 Å². The van der Waals surface area contributed by atoms with Crippen LogP contribution >= 0.6 is 37.9 Å². The van der Waals surface area contributed by atoms with Gasteiger partial charge in [-0.1, -0.05) is 20.3 Å². The molecular formula is C16H36N2S3. The lowest BCUT2D eigenvalue weighted by Gasteiger charge is -2.38. The summed E-state index contributed by atoms with van der Waals surface area (Å²) in [7, 11) is 2.02. The zero-order valence-corrected chi connectivity index (χ0v) is 17.2. The van der Waals surface area contributed by atoms with Crippen LogP contribution in [0.1, 0.15) is 53.4 Å². The van der Waals surface area contributed by atoms with Gasteiger partial charge in [0.1, 0.15) is 0 Å². The van der Waals surface area contributed by atoms with Crippen molar-refractivity contribution in [2.75, 3.05) is 30.9 Å². The molecule has 0 aromatic carbocycles. The number of thiol groups is 3. The van der Waals surface area contributed by atoms with Gasteiger partial charge in [0.05, 0.1) is 0 Å². The largest absolute Gasteiger partial charge is 0.314 e. The Kier molecular flexibility index (Phi) is 10.4. The molecule has 0 spiro atoms. The average Bonchev–Trinajstić information content (AvgIpc) is 2.51. The Labute approximate surface area is 149 Å². The summed E-state index contributed by atoms with van der Waals surface area (Å²) in [6.45, 7) is 10.0. The summed E-state index contributed by atoms with van der Waals surface area (Å²) >= 11 is 13.6. The van der Waals surface area contributed by atoms with Crippen LogP contribution in [0.25, 0.3) is 0 Å². The third-order valence-electron chi connectivity index (χ3n) is 4.71. The summed E-state index contributed by atoms with van der Waals surface area (Å²) in [6, 6.07) is 0. The van der Waals surface area contributed by atoms with E-state index in [0.29, 0.717) is 0 Å². The van der Waals surface area contributed by atoms with E-state index in [-0.39, 0.29) is 16.5 Å². The van der Waals surface area contributed by atoms with E-state index >= 15 is 0 Å². The van der Waals surface area contributed by atoms with E-state index in [9.17, 15) is 0 Å². The summed E-state index contributed by atoms with van der Waals surface area (Å²) in [5, 5.41) is 7.14. The molecule has 2 N–H and O–H groups in total. The minimum atomic E-state index is 0.101. The van der Waals surface area contributed by atoms with E-state index in [0.717, 1.165) is 43.1 Å². The first-order valence-corrected chi connectivity index (χ1v) is 9.88. The van der Waals surface area contributed by atoms with E-state index in [1.165, 1.54) is 6.42 Å². The number of rotatable bonds is 12. The SMILES string of the molecule is CCC[C@](C)(CS)NC[C@](C)(CS)CC[C@](C)(CS)NC. The van der Waals surface area contributed by atoms with Crippen LogP contribution in [-0.2, 0) is 0 Å². The lowest BCUT2D eigenvalue weighted by atomic mass is 9.81. The molecule has 0 bridgehead atoms. The van der Waals surface area contributed by atoms with Crippen LogP contribution in [-0.4, -0.2) is 41.9 Å². The highest BCUT2D eigenvalue weighted by atomic mass is 32.1. The van der Waals surface area contributed by atoms with Crippen LogP contribution < -0.4 is 10.6 Å². The highest BCUT2D eigenvalue weighted by Gasteiger charge is 2.30. The van der Waals surface area contributed by atoms with E-state index in [1.54, 1.807) is 0 Å². The van der Waals surface area contributed by atoms with E-state index in [2.05, 4.69) is 76.2 Å². The summed E-state index contributed by atoms with van der Waals surface area (Å²) in [5.41, 5.74) is 0.420. The summed E-state index contributed by atoms with van der Waals surface area (Å²) in [6.07, 6.45) is 4.58. The highest BCUT2D eigenvalue weighted by Crippen LogP contribution is 2.29. The summed E-state index contributed by atoms with van der Waals surface area (Å²) in [5.74, 6) is 2.61. The molecule has 2 nitrogen and oxygen atoms in total. The van der Waals surface area contributed by atoms with Gasteiger partial charge in [-0.25, -0.2) is 0 Å². The minimum absolute atomic E-state index is 0.101. The van der Waals surface area contributed by atoms with Crippen molar-refractivity contribution in [3.8, 4) is 0 Å². The Balaban J connectivity index is 4.59. The Hall–Kier alpha value is 0.970. The predicted octanol–water partition coefficient (Wildman–Crippen LogP) is 3.69. The molecule has 3 atom stereocenters. The average molecular weight is 353 g/mol. The third-order valence-corrected chi connectivity index (χ3v) is 6.87. The second kappa shape index (κ2) is 9.96. The van der Waals surface area contributed by atoms with Gasteiger partial charge in [-0.3, -0.25) is 0 Å². The zero-order valence-electron chi connectivity index (χ0n) is 14.5. The van der Waals surface area contributed by atoms with E-state index in [4.69, 9.17) is 0 Å². The van der Waals surface area contributed by atoms with Gasteiger partial charge in [0.25, 0.3) is 0 Å². The van der Waals surface area contributed by atoms with Crippen molar-refractivity contribution in [1.82, 2.24) is 10.6 Å². The van der Waals surface area contributed by atoms with Gasteiger partial charge < -0.3 is 10.6 Å². The van der Waals surface area contributed by atoms with Gasteiger partial charge in [0.2, 0.25) is 0 Å². The van der Waals surface area contributed by atoms with E-state index < -0.39 is 0 Å². The first-order chi connectivity index (χ1) is 9.72. The minimum Gasteiger partial charge on any atom is -0.314 e. The first-order valence-electron chi connectivity index (χ1n) is 7.98. The maximum atomic E-state index is 4.60. The van der Waals surface area contributed by atoms with Gasteiger partial charge in [0, 0.05) is 29.1 Å². The molecule has 0 saturated heterocycles. The molecule has 0 aromatic heterocycles. The number of hydrogen-bond acceptors (Lipinski definition) is 5. The molecule has 0 unspecified atom stereocenters. The topological polar surface area (TPSA) is 24.1 Å². The molecule has 0 amide bonds. The molecule has 0 aliphatic heterocycles. The van der Waals surface area contributed by atoms with E-state index in [1.807, 2.05) is 7.05 Å². The number of nitrogens with one attached hydrogen (secondary N) is 2. The summed E-state index contributed by atoms with van der Waals surface area (Å²) in [4.78, 5) is 0. The zero-order chi connectivity index (χ0) is 16.6. The molecule has 0 saturated carbocycles. The molecule has 0 fully saturated rings. The van der Waals surface area contributed by atoms with Gasteiger partial charge in [-0.2, -0.15) is 37.9 Å². The van der Waals surface area contributed by atoms with Crippen molar-refractivity contribution >= 4 is 37.9 Å². The fraction of sp³-hybridized carbons (Fsp3) is 1.00. The van der Waals surface area contributed by atoms with Gasteiger partial charge in [0.15, 0.2) is 0 Å². The highest BCUT2D eigenvalue weighted by molar-refractivity contribution is 7.80. The fourth-order valence-electron chi connectivity index (χ4n) is 2.29. The fourth-order valence-corrected chi connectivity index (χ4v) is 3.14. The third kappa shape index (κ3) is 7.87. The predicted molar refractivity (Wildman–Crippen MR) is 108 cm³/mol. The Morgan fingerprint density at radius 2 is 1.38 bits per heavy atom. The van der Waals surface area contributed by atoms with Crippen molar-refractivity contribution in [2.24, 2.45) is 5.41 Å². The van der Waals surface area contributed by atoms with Crippen LogP contribution in [0.15, 0.2) is 0 Å². The van der Waals surface area contributed by atoms with Gasteiger partial charge in [-0.05, 0) is 51.3 Å². The Morgan fingerprint density at radius 3 is 1.76 bits per heavy atom. The molecule has 0 radical (unpaired) electrons. The van der Waals surface area contributed by atoms with Crippen LogP contribution in [0.2, 0.25) is 0 Å². The molecule has 0 heterocycles. The molecule has 0 rings (SSSR count). The smallest absolute Gasteiger partial charge is 0.0241 e. The molecule has 0 aromatic rings. The van der Waals surface area contributed by atoms with Crippen molar-refractivity contribution in [2.45, 2.75) is 64.5 Å². The van der Waals surface area contributed by atoms with Crippen molar-refractivity contribution in [3.63, 3.8) is 0 Å². The standard InChI is InChI=1S/C16H36N2S3/c1-6-7-16(4,13-21)18-10-14(2,11-19)8-9-15(3,12-20)17-5/h17-21H,6-13H2,1-5H3/t14-,15-,16-/m1/s1. The lowest BCUT2D eigenvalue weighted by molar-refractivity contribution is 0.235. The van der Waals surface area contributed by atoms with Crippen molar-refractivity contribution in [3.05, 3.63) is 0 Å². The molecule has 128 valence electrons. The normalized spacial score (nSPS) is 20.6. The van der Waals surface area contributed by atoms with Crippen molar-refractivity contribution in [1.29, 1.82) is 0 Å². The maximum Gasteiger partial charge on any atom is 0.0241 e. The van der Waals surface area contributed by atoms with Crippen LogP contribution in [0.3, 0.4) is 0 Å². The number of hydrogen-bond donors (Lipinski definition) is 5. The quantitative estimate of drug-likeness (QED) is 0.346. The van der Waals surface area contributed by atoms with Crippen LogP contribution in [0, 0.1) is 5.41 Å². The second-order valence-corrected chi connectivity index (χ2v) is 8.21. The molecule has 0 aliphatic carbocycles. The van der Waals surface area contributed by atoms with Crippen molar-refractivity contribution < 1.29 is 0 Å². The summed E-state index contributed by atoms with van der Waals surface area (Å²) < 4.78 is 0. The van der Waals surface area contributed by atoms with Gasteiger partial charge >= 0.3 is 0 Å². The molecule has 0 aliphatic rings. The molecular weight excluding hydrogens is 316 g/mol. The first kappa shape index (κ1) is 22.0. The molecule has 5 heteroatoms. The molecule has 21 heavy (non-hydrogen) atoms. The lowest BCUT2D eigenvalue weighted by Crippen LogP contribution is -2.50. The monoisotopic (exact) mass is 352 g/mol.